The van der Waals surface area contributed by atoms with Crippen molar-refractivity contribution >= 4 is 17.7 Å². The highest BCUT2D eigenvalue weighted by atomic mass is 16.2. The Balaban J connectivity index is 1.38. The van der Waals surface area contributed by atoms with Gasteiger partial charge >= 0.3 is 0 Å². The minimum atomic E-state index is -0.542. The molecular weight excluding hydrogens is 308 g/mol. The van der Waals surface area contributed by atoms with Crippen molar-refractivity contribution in [3.63, 3.8) is 0 Å². The Morgan fingerprint density at radius 2 is 1.83 bits per heavy atom. The molecule has 24 heavy (non-hydrogen) atoms. The molecule has 7 nitrogen and oxygen atoms in total. The van der Waals surface area contributed by atoms with Crippen molar-refractivity contribution in [3.05, 3.63) is 35.4 Å². The Labute approximate surface area is 140 Å². The van der Waals surface area contributed by atoms with Crippen LogP contribution in [0.25, 0.3) is 0 Å². The van der Waals surface area contributed by atoms with Crippen LogP contribution < -0.4 is 5.32 Å². The Hall–Kier alpha value is -2.41. The molecule has 3 aliphatic heterocycles. The molecule has 1 atom stereocenters. The summed E-state index contributed by atoms with van der Waals surface area (Å²) in [6, 6.07) is 7.68. The Kier molecular flexibility index (Phi) is 3.72. The molecule has 0 aromatic heterocycles. The number of nitrogens with one attached hydrogen (secondary N) is 1. The lowest BCUT2D eigenvalue weighted by atomic mass is 10.1. The van der Waals surface area contributed by atoms with E-state index in [0.717, 1.165) is 13.1 Å². The van der Waals surface area contributed by atoms with E-state index < -0.39 is 6.04 Å². The van der Waals surface area contributed by atoms with Crippen molar-refractivity contribution in [3.8, 4) is 0 Å². The van der Waals surface area contributed by atoms with Crippen LogP contribution in [0, 0.1) is 0 Å². The first-order valence-corrected chi connectivity index (χ1v) is 8.26. The molecule has 126 valence electrons. The number of rotatable bonds is 2. The number of fused-ring (bicyclic) bond motifs is 2. The number of piperazine rings is 2. The number of benzene rings is 1. The lowest BCUT2D eigenvalue weighted by molar-refractivity contribution is -0.152. The van der Waals surface area contributed by atoms with Crippen LogP contribution in [0.3, 0.4) is 0 Å². The second-order valence-corrected chi connectivity index (χ2v) is 6.57. The van der Waals surface area contributed by atoms with E-state index >= 15 is 0 Å². The second-order valence-electron chi connectivity index (χ2n) is 6.57. The summed E-state index contributed by atoms with van der Waals surface area (Å²) in [5.74, 6) is -0.212. The molecule has 0 aliphatic carbocycles. The molecule has 7 heteroatoms. The van der Waals surface area contributed by atoms with Crippen molar-refractivity contribution in [2.45, 2.75) is 19.1 Å². The molecule has 0 radical (unpaired) electrons. The third-order valence-corrected chi connectivity index (χ3v) is 5.04. The van der Waals surface area contributed by atoms with Crippen LogP contribution in [-0.2, 0) is 27.5 Å². The maximum Gasteiger partial charge on any atom is 0.245 e. The summed E-state index contributed by atoms with van der Waals surface area (Å²) in [5.41, 5.74) is 2.54. The smallest absolute Gasteiger partial charge is 0.245 e. The molecule has 1 aromatic carbocycles. The van der Waals surface area contributed by atoms with Crippen molar-refractivity contribution in [2.75, 3.05) is 32.7 Å². The summed E-state index contributed by atoms with van der Waals surface area (Å²) in [6.07, 6.45) is 0. The highest BCUT2D eigenvalue weighted by Gasteiger charge is 2.40. The molecule has 2 fully saturated rings. The summed E-state index contributed by atoms with van der Waals surface area (Å²) in [5, 5.41) is 2.60. The molecule has 1 aromatic rings. The van der Waals surface area contributed by atoms with E-state index in [2.05, 4.69) is 22.3 Å². The van der Waals surface area contributed by atoms with Crippen LogP contribution in [0.4, 0.5) is 0 Å². The number of hydrogen-bond acceptors (Lipinski definition) is 4. The topological polar surface area (TPSA) is 73.0 Å². The van der Waals surface area contributed by atoms with E-state index in [9.17, 15) is 14.4 Å². The van der Waals surface area contributed by atoms with Crippen LogP contribution in [0.1, 0.15) is 11.1 Å². The van der Waals surface area contributed by atoms with Gasteiger partial charge in [0.2, 0.25) is 17.7 Å². The first kappa shape index (κ1) is 15.1. The number of carbonyl (C=O) groups excluding carboxylic acids is 3. The van der Waals surface area contributed by atoms with Gasteiger partial charge in [-0.1, -0.05) is 24.3 Å². The Morgan fingerprint density at radius 3 is 2.54 bits per heavy atom. The molecule has 2 saturated heterocycles. The first-order chi connectivity index (χ1) is 11.6. The lowest BCUT2D eigenvalue weighted by Gasteiger charge is -2.43. The molecule has 0 saturated carbocycles. The summed E-state index contributed by atoms with van der Waals surface area (Å²) < 4.78 is 0. The van der Waals surface area contributed by atoms with Gasteiger partial charge in [0.05, 0.1) is 19.6 Å². The predicted octanol–water partition coefficient (Wildman–Crippen LogP) is -0.829. The van der Waals surface area contributed by atoms with Gasteiger partial charge in [-0.05, 0) is 11.1 Å². The molecule has 1 unspecified atom stereocenters. The fraction of sp³-hybridized carbons (Fsp3) is 0.471. The summed E-state index contributed by atoms with van der Waals surface area (Å²) in [4.78, 5) is 41.9. The zero-order valence-electron chi connectivity index (χ0n) is 13.4. The molecule has 0 spiro atoms. The van der Waals surface area contributed by atoms with Crippen LogP contribution >= 0.6 is 0 Å². The van der Waals surface area contributed by atoms with Gasteiger partial charge in [-0.25, -0.2) is 0 Å². The fourth-order valence-electron chi connectivity index (χ4n) is 3.72. The third-order valence-electron chi connectivity index (χ3n) is 5.04. The predicted molar refractivity (Wildman–Crippen MR) is 85.6 cm³/mol. The van der Waals surface area contributed by atoms with Crippen LogP contribution in [0.5, 0.6) is 0 Å². The van der Waals surface area contributed by atoms with Crippen LogP contribution in [0.15, 0.2) is 24.3 Å². The molecule has 4 rings (SSSR count). The van der Waals surface area contributed by atoms with Crippen molar-refractivity contribution in [2.24, 2.45) is 0 Å². The number of hydrogen-bond donors (Lipinski definition) is 1. The van der Waals surface area contributed by atoms with E-state index in [1.165, 1.54) is 11.1 Å². The van der Waals surface area contributed by atoms with Gasteiger partial charge in [0, 0.05) is 26.2 Å². The molecule has 3 aliphatic rings. The fourth-order valence-corrected chi connectivity index (χ4v) is 3.72. The van der Waals surface area contributed by atoms with Gasteiger partial charge in [-0.2, -0.15) is 0 Å². The van der Waals surface area contributed by atoms with Crippen LogP contribution in [-0.4, -0.2) is 71.2 Å². The highest BCUT2D eigenvalue weighted by Crippen LogP contribution is 2.22. The lowest BCUT2D eigenvalue weighted by Crippen LogP contribution is -2.67. The number of carbonyl (C=O) groups is 3. The largest absolute Gasteiger partial charge is 0.345 e. The number of nitrogens with zero attached hydrogens (tertiary/aromatic N) is 3. The first-order valence-electron chi connectivity index (χ1n) is 8.26. The normalized spacial score (nSPS) is 23.8. The minimum absolute atomic E-state index is 0.0216. The zero-order valence-corrected chi connectivity index (χ0v) is 13.4. The van der Waals surface area contributed by atoms with E-state index in [0.29, 0.717) is 19.6 Å². The summed E-state index contributed by atoms with van der Waals surface area (Å²) in [7, 11) is 0. The quantitative estimate of drug-likeness (QED) is 0.769. The van der Waals surface area contributed by atoms with Crippen LogP contribution in [0.2, 0.25) is 0 Å². The molecule has 0 bridgehead atoms. The van der Waals surface area contributed by atoms with Gasteiger partial charge in [0.1, 0.15) is 6.04 Å². The second kappa shape index (κ2) is 5.90. The molecule has 3 amide bonds. The third kappa shape index (κ3) is 2.65. The molecular formula is C17H20N4O3. The molecule has 1 N–H and O–H groups in total. The standard InChI is InChI=1S/C17H20N4O3/c22-15-7-18-17(24)14-10-20(5-6-21(14)15)16(23)11-19-8-12-3-1-2-4-13(12)9-19/h1-4,14H,5-11H2,(H,18,24). The summed E-state index contributed by atoms with van der Waals surface area (Å²) in [6.45, 7) is 3.19. The molecule has 3 heterocycles. The van der Waals surface area contributed by atoms with Gasteiger partial charge in [-0.15, -0.1) is 0 Å². The van der Waals surface area contributed by atoms with Gasteiger partial charge in [0.15, 0.2) is 0 Å². The highest BCUT2D eigenvalue weighted by molar-refractivity contribution is 5.95. The number of amides is 3. The Morgan fingerprint density at radius 1 is 1.12 bits per heavy atom. The van der Waals surface area contributed by atoms with E-state index in [1.807, 2.05) is 12.1 Å². The van der Waals surface area contributed by atoms with Crippen molar-refractivity contribution < 1.29 is 14.4 Å². The SMILES string of the molecule is O=C1NCC(=O)N2CCN(C(=O)CN3Cc4ccccc4C3)CC12. The van der Waals surface area contributed by atoms with Gasteiger partial charge in [0.25, 0.3) is 0 Å². The Bertz CT molecular complexity index is 680. The monoisotopic (exact) mass is 328 g/mol. The minimum Gasteiger partial charge on any atom is -0.345 e. The van der Waals surface area contributed by atoms with Gasteiger partial charge in [-0.3, -0.25) is 19.3 Å². The van der Waals surface area contributed by atoms with E-state index in [4.69, 9.17) is 0 Å². The van der Waals surface area contributed by atoms with Crippen molar-refractivity contribution in [1.82, 2.24) is 20.0 Å². The maximum atomic E-state index is 12.6. The zero-order chi connectivity index (χ0) is 16.7. The van der Waals surface area contributed by atoms with E-state index in [-0.39, 0.29) is 30.8 Å². The average molecular weight is 328 g/mol. The average Bonchev–Trinajstić information content (AvgIpc) is 3.00. The van der Waals surface area contributed by atoms with E-state index in [1.54, 1.807) is 9.80 Å². The van der Waals surface area contributed by atoms with Gasteiger partial charge < -0.3 is 15.1 Å². The summed E-state index contributed by atoms with van der Waals surface area (Å²) >= 11 is 0. The maximum absolute atomic E-state index is 12.6. The van der Waals surface area contributed by atoms with Crippen molar-refractivity contribution in [1.29, 1.82) is 0 Å².